The molecule has 1 aromatic carbocycles. The van der Waals surface area contributed by atoms with Crippen molar-refractivity contribution in [3.05, 3.63) is 40.8 Å². The Balaban J connectivity index is 1.90. The number of aryl methyl sites for hydroxylation is 3. The third-order valence-electron chi connectivity index (χ3n) is 4.17. The van der Waals surface area contributed by atoms with Crippen LogP contribution in [0.2, 0.25) is 0 Å². The number of fused-ring (bicyclic) bond motifs is 1. The minimum absolute atomic E-state index is 0.947. The molecule has 0 bridgehead atoms. The van der Waals surface area contributed by atoms with Crippen LogP contribution in [-0.2, 0) is 19.3 Å². The number of aromatic nitrogens is 2. The zero-order valence-corrected chi connectivity index (χ0v) is 12.4. The highest BCUT2D eigenvalue weighted by Crippen LogP contribution is 2.28. The van der Waals surface area contributed by atoms with Gasteiger partial charge in [-0.05, 0) is 56.8 Å². The molecule has 0 unspecified atom stereocenters. The molecule has 0 saturated carbocycles. The number of likely N-dealkylation sites (N-methyl/N-ethyl adjacent to an activating group) is 1. The predicted octanol–water partition coefficient (Wildman–Crippen LogP) is 3.03. The van der Waals surface area contributed by atoms with Crippen LogP contribution >= 0.6 is 0 Å². The van der Waals surface area contributed by atoms with Gasteiger partial charge in [0.15, 0.2) is 0 Å². The van der Waals surface area contributed by atoms with E-state index in [0.717, 1.165) is 24.5 Å². The van der Waals surface area contributed by atoms with Crippen molar-refractivity contribution in [3.8, 4) is 11.3 Å². The van der Waals surface area contributed by atoms with E-state index in [4.69, 9.17) is 4.98 Å². The van der Waals surface area contributed by atoms with Crippen molar-refractivity contribution in [2.45, 2.75) is 39.0 Å². The van der Waals surface area contributed by atoms with Crippen molar-refractivity contribution in [1.82, 2.24) is 15.3 Å². The molecular formula is C17H23N3. The average Bonchev–Trinajstić information content (AvgIpc) is 2.85. The standard InChI is InChI=1S/C17H23N3/c1-12-17(20-16(19-12)9-10-18-2)15-8-7-13-5-3-4-6-14(13)11-15/h7-8,11,18H,3-6,9-10H2,1-2H3,(H,19,20). The smallest absolute Gasteiger partial charge is 0.108 e. The lowest BCUT2D eigenvalue weighted by atomic mass is 9.90. The van der Waals surface area contributed by atoms with E-state index in [0.29, 0.717) is 0 Å². The first-order valence-corrected chi connectivity index (χ1v) is 7.60. The second kappa shape index (κ2) is 5.80. The average molecular weight is 269 g/mol. The van der Waals surface area contributed by atoms with Gasteiger partial charge in [0.25, 0.3) is 0 Å². The molecule has 0 radical (unpaired) electrons. The molecule has 1 aliphatic rings. The summed E-state index contributed by atoms with van der Waals surface area (Å²) in [5.74, 6) is 1.07. The Hall–Kier alpha value is -1.61. The van der Waals surface area contributed by atoms with Crippen LogP contribution in [0.15, 0.2) is 18.2 Å². The van der Waals surface area contributed by atoms with Crippen molar-refractivity contribution < 1.29 is 0 Å². The molecule has 0 fully saturated rings. The summed E-state index contributed by atoms with van der Waals surface area (Å²) in [7, 11) is 1.97. The zero-order valence-electron chi connectivity index (χ0n) is 12.4. The van der Waals surface area contributed by atoms with Crippen LogP contribution in [0, 0.1) is 6.92 Å². The summed E-state index contributed by atoms with van der Waals surface area (Å²) in [6, 6.07) is 6.87. The van der Waals surface area contributed by atoms with Gasteiger partial charge in [-0.1, -0.05) is 12.1 Å². The molecule has 3 heteroatoms. The van der Waals surface area contributed by atoms with Crippen molar-refractivity contribution in [3.63, 3.8) is 0 Å². The van der Waals surface area contributed by atoms with Gasteiger partial charge >= 0.3 is 0 Å². The van der Waals surface area contributed by atoms with Crippen LogP contribution in [0.25, 0.3) is 11.3 Å². The topological polar surface area (TPSA) is 40.7 Å². The van der Waals surface area contributed by atoms with E-state index in [-0.39, 0.29) is 0 Å². The Morgan fingerprint density at radius 2 is 2.00 bits per heavy atom. The van der Waals surface area contributed by atoms with Gasteiger partial charge in [0.05, 0.1) is 5.69 Å². The largest absolute Gasteiger partial charge is 0.346 e. The summed E-state index contributed by atoms with van der Waals surface area (Å²) < 4.78 is 0. The molecule has 0 amide bonds. The second-order valence-electron chi connectivity index (χ2n) is 5.70. The minimum Gasteiger partial charge on any atom is -0.346 e. The van der Waals surface area contributed by atoms with E-state index in [2.05, 4.69) is 35.4 Å². The molecule has 1 aromatic heterocycles. The lowest BCUT2D eigenvalue weighted by molar-refractivity contribution is 0.686. The SMILES string of the molecule is CNCCc1nc(-c2ccc3c(c2)CCCC3)c(C)[nH]1. The van der Waals surface area contributed by atoms with E-state index in [1.807, 2.05) is 7.05 Å². The maximum Gasteiger partial charge on any atom is 0.108 e. The van der Waals surface area contributed by atoms with Gasteiger partial charge < -0.3 is 10.3 Å². The fourth-order valence-corrected chi connectivity index (χ4v) is 3.05. The van der Waals surface area contributed by atoms with Gasteiger partial charge in [0.2, 0.25) is 0 Å². The monoisotopic (exact) mass is 269 g/mol. The molecule has 20 heavy (non-hydrogen) atoms. The maximum absolute atomic E-state index is 4.77. The number of hydrogen-bond donors (Lipinski definition) is 2. The lowest BCUT2D eigenvalue weighted by Gasteiger charge is -2.16. The van der Waals surface area contributed by atoms with E-state index >= 15 is 0 Å². The van der Waals surface area contributed by atoms with Crippen molar-refractivity contribution >= 4 is 0 Å². The quantitative estimate of drug-likeness (QED) is 0.895. The molecular weight excluding hydrogens is 246 g/mol. The predicted molar refractivity (Wildman–Crippen MR) is 83.0 cm³/mol. The van der Waals surface area contributed by atoms with Crippen LogP contribution in [-0.4, -0.2) is 23.6 Å². The summed E-state index contributed by atoms with van der Waals surface area (Å²) in [6.07, 6.45) is 6.06. The summed E-state index contributed by atoms with van der Waals surface area (Å²) in [5.41, 5.74) is 6.60. The summed E-state index contributed by atoms with van der Waals surface area (Å²) >= 11 is 0. The molecule has 1 aliphatic carbocycles. The number of imidazole rings is 1. The van der Waals surface area contributed by atoms with Crippen LogP contribution in [0.1, 0.15) is 35.5 Å². The molecule has 3 rings (SSSR count). The first-order valence-electron chi connectivity index (χ1n) is 7.60. The van der Waals surface area contributed by atoms with Crippen LogP contribution in [0.4, 0.5) is 0 Å². The number of nitrogens with zero attached hydrogens (tertiary/aromatic N) is 1. The van der Waals surface area contributed by atoms with Gasteiger partial charge in [0.1, 0.15) is 5.82 Å². The number of rotatable bonds is 4. The van der Waals surface area contributed by atoms with Crippen LogP contribution in [0.5, 0.6) is 0 Å². The van der Waals surface area contributed by atoms with Crippen molar-refractivity contribution in [2.75, 3.05) is 13.6 Å². The third kappa shape index (κ3) is 2.63. The van der Waals surface area contributed by atoms with Crippen LogP contribution in [0.3, 0.4) is 0 Å². The first kappa shape index (κ1) is 13.4. The van der Waals surface area contributed by atoms with Crippen LogP contribution < -0.4 is 5.32 Å². The minimum atomic E-state index is 0.947. The van der Waals surface area contributed by atoms with E-state index in [9.17, 15) is 0 Å². The molecule has 0 spiro atoms. The summed E-state index contributed by atoms with van der Waals surface area (Å²) in [5, 5.41) is 3.17. The van der Waals surface area contributed by atoms with Crippen molar-refractivity contribution in [1.29, 1.82) is 0 Å². The molecule has 2 N–H and O–H groups in total. The summed E-state index contributed by atoms with van der Waals surface area (Å²) in [6.45, 7) is 3.07. The molecule has 0 aliphatic heterocycles. The van der Waals surface area contributed by atoms with E-state index in [1.165, 1.54) is 48.1 Å². The molecule has 106 valence electrons. The maximum atomic E-state index is 4.77. The third-order valence-corrected chi connectivity index (χ3v) is 4.17. The first-order chi connectivity index (χ1) is 9.78. The highest BCUT2D eigenvalue weighted by atomic mass is 14.9. The number of hydrogen-bond acceptors (Lipinski definition) is 2. The molecule has 0 atom stereocenters. The highest BCUT2D eigenvalue weighted by molar-refractivity contribution is 5.64. The zero-order chi connectivity index (χ0) is 13.9. The van der Waals surface area contributed by atoms with Gasteiger partial charge in [-0.25, -0.2) is 4.98 Å². The number of benzene rings is 1. The fraction of sp³-hybridized carbons (Fsp3) is 0.471. The van der Waals surface area contributed by atoms with E-state index < -0.39 is 0 Å². The number of aromatic amines is 1. The normalized spacial score (nSPS) is 14.3. The second-order valence-corrected chi connectivity index (χ2v) is 5.70. The highest BCUT2D eigenvalue weighted by Gasteiger charge is 2.13. The molecule has 0 saturated heterocycles. The Kier molecular flexibility index (Phi) is 3.88. The van der Waals surface area contributed by atoms with Gasteiger partial charge in [0, 0.05) is 24.2 Å². The van der Waals surface area contributed by atoms with E-state index in [1.54, 1.807) is 0 Å². The Morgan fingerprint density at radius 1 is 1.20 bits per heavy atom. The number of nitrogens with one attached hydrogen (secondary N) is 2. The van der Waals surface area contributed by atoms with Gasteiger partial charge in [-0.3, -0.25) is 0 Å². The Bertz CT molecular complexity index is 598. The Morgan fingerprint density at radius 3 is 2.80 bits per heavy atom. The van der Waals surface area contributed by atoms with Crippen molar-refractivity contribution in [2.24, 2.45) is 0 Å². The van der Waals surface area contributed by atoms with Gasteiger partial charge in [-0.2, -0.15) is 0 Å². The van der Waals surface area contributed by atoms with Gasteiger partial charge in [-0.15, -0.1) is 0 Å². The molecule has 1 heterocycles. The number of H-pyrrole nitrogens is 1. The molecule has 2 aromatic rings. The fourth-order valence-electron chi connectivity index (χ4n) is 3.05. The lowest BCUT2D eigenvalue weighted by Crippen LogP contribution is -2.11. The molecule has 3 nitrogen and oxygen atoms in total. The Labute approximate surface area is 120 Å². The summed E-state index contributed by atoms with van der Waals surface area (Å²) in [4.78, 5) is 8.18.